The maximum absolute atomic E-state index is 12.3. The molecule has 0 spiro atoms. The van der Waals surface area contributed by atoms with E-state index in [0.717, 1.165) is 17.4 Å². The van der Waals surface area contributed by atoms with Gasteiger partial charge in [0.25, 0.3) is 10.0 Å². The van der Waals surface area contributed by atoms with Crippen molar-refractivity contribution in [2.45, 2.75) is 4.90 Å². The van der Waals surface area contributed by atoms with Crippen LogP contribution < -0.4 is 4.72 Å². The summed E-state index contributed by atoms with van der Waals surface area (Å²) in [6, 6.07) is 5.69. The van der Waals surface area contributed by atoms with Crippen molar-refractivity contribution in [1.82, 2.24) is 0 Å². The molecule has 1 heterocycles. The molecule has 2 rings (SSSR count). The fraction of sp³-hybridized carbons (Fsp3) is 0. The molecule has 0 radical (unpaired) electrons. The van der Waals surface area contributed by atoms with Crippen LogP contribution in [0.4, 0.5) is 5.69 Å². The summed E-state index contributed by atoms with van der Waals surface area (Å²) in [5.41, 5.74) is 0.300. The zero-order valence-corrected chi connectivity index (χ0v) is 15.5. The van der Waals surface area contributed by atoms with Crippen LogP contribution in [0.5, 0.6) is 0 Å². The number of carboxylic acids is 1. The molecule has 10 heteroatoms. The summed E-state index contributed by atoms with van der Waals surface area (Å²) in [5, 5.41) is 9.36. The Bertz CT molecular complexity index is 820. The molecule has 1 aromatic heterocycles. The van der Waals surface area contributed by atoms with Crippen molar-refractivity contribution >= 4 is 76.5 Å². The quantitative estimate of drug-likeness (QED) is 0.686. The van der Waals surface area contributed by atoms with Gasteiger partial charge in [0.1, 0.15) is 9.77 Å². The van der Waals surface area contributed by atoms with E-state index in [1.54, 1.807) is 6.07 Å². The SMILES string of the molecule is O=C(O)c1cc(S(=O)(=O)Nc2ccc(Cl)cc2Br)c(Br)s1. The smallest absolute Gasteiger partial charge is 0.345 e. The van der Waals surface area contributed by atoms with E-state index < -0.39 is 16.0 Å². The average Bonchev–Trinajstić information content (AvgIpc) is 2.76. The van der Waals surface area contributed by atoms with Gasteiger partial charge in [-0.1, -0.05) is 11.6 Å². The molecule has 0 aliphatic heterocycles. The van der Waals surface area contributed by atoms with Gasteiger partial charge in [-0.2, -0.15) is 0 Å². The Labute approximate surface area is 146 Å². The van der Waals surface area contributed by atoms with Crippen LogP contribution in [0.15, 0.2) is 37.4 Å². The van der Waals surface area contributed by atoms with Crippen LogP contribution in [0, 0.1) is 0 Å². The molecule has 21 heavy (non-hydrogen) atoms. The van der Waals surface area contributed by atoms with Crippen molar-refractivity contribution in [3.05, 3.63) is 42.4 Å². The van der Waals surface area contributed by atoms with E-state index >= 15 is 0 Å². The van der Waals surface area contributed by atoms with Crippen LogP contribution in [0.3, 0.4) is 0 Å². The molecule has 0 amide bonds. The largest absolute Gasteiger partial charge is 0.477 e. The fourth-order valence-electron chi connectivity index (χ4n) is 1.41. The van der Waals surface area contributed by atoms with Crippen LogP contribution in [-0.2, 0) is 10.0 Å². The average molecular weight is 476 g/mol. The molecule has 0 atom stereocenters. The van der Waals surface area contributed by atoms with E-state index in [0.29, 0.717) is 15.2 Å². The lowest BCUT2D eigenvalue weighted by Crippen LogP contribution is -2.13. The van der Waals surface area contributed by atoms with Crippen LogP contribution in [0.2, 0.25) is 5.02 Å². The van der Waals surface area contributed by atoms with Crippen molar-refractivity contribution in [2.24, 2.45) is 0 Å². The van der Waals surface area contributed by atoms with Gasteiger partial charge in [-0.3, -0.25) is 4.72 Å². The lowest BCUT2D eigenvalue weighted by Gasteiger charge is -2.09. The highest BCUT2D eigenvalue weighted by Crippen LogP contribution is 2.34. The minimum atomic E-state index is -3.91. The maximum Gasteiger partial charge on any atom is 0.345 e. The minimum Gasteiger partial charge on any atom is -0.477 e. The summed E-state index contributed by atoms with van der Waals surface area (Å²) in [7, 11) is -3.91. The fourth-order valence-corrected chi connectivity index (χ4v) is 5.81. The van der Waals surface area contributed by atoms with Crippen LogP contribution in [0.25, 0.3) is 0 Å². The first-order chi connectivity index (χ1) is 9.70. The maximum atomic E-state index is 12.3. The number of aromatic carboxylic acids is 1. The summed E-state index contributed by atoms with van der Waals surface area (Å²) in [5.74, 6) is -1.19. The number of halogens is 3. The molecule has 0 saturated carbocycles. The molecule has 0 bridgehead atoms. The Morgan fingerprint density at radius 1 is 1.29 bits per heavy atom. The number of carbonyl (C=O) groups is 1. The van der Waals surface area contributed by atoms with Gasteiger partial charge < -0.3 is 5.11 Å². The molecule has 0 saturated heterocycles. The van der Waals surface area contributed by atoms with Gasteiger partial charge in [0.15, 0.2) is 0 Å². The summed E-state index contributed by atoms with van der Waals surface area (Å²) < 4.78 is 27.7. The van der Waals surface area contributed by atoms with Crippen molar-refractivity contribution in [2.75, 3.05) is 4.72 Å². The first-order valence-electron chi connectivity index (χ1n) is 5.21. The van der Waals surface area contributed by atoms with E-state index in [1.165, 1.54) is 12.1 Å². The molecule has 0 unspecified atom stereocenters. The molecule has 1 aromatic carbocycles. The second kappa shape index (κ2) is 6.25. The standard InChI is InChI=1S/C11H6Br2ClNO4S2/c12-6-3-5(14)1-2-7(6)15-21(18,19)9-4-8(11(16)17)20-10(9)13/h1-4,15H,(H,16,17). The summed E-state index contributed by atoms with van der Waals surface area (Å²) in [6.45, 7) is 0. The Hall–Kier alpha value is -0.610. The van der Waals surface area contributed by atoms with Crippen LogP contribution >= 0.6 is 54.8 Å². The van der Waals surface area contributed by atoms with E-state index in [-0.39, 0.29) is 13.6 Å². The normalized spacial score (nSPS) is 11.4. The number of hydrogen-bond donors (Lipinski definition) is 2. The van der Waals surface area contributed by atoms with E-state index in [1.807, 2.05) is 0 Å². The van der Waals surface area contributed by atoms with Crippen LogP contribution in [-0.4, -0.2) is 19.5 Å². The molecule has 5 nitrogen and oxygen atoms in total. The highest BCUT2D eigenvalue weighted by molar-refractivity contribution is 9.11. The molecule has 2 aromatic rings. The number of thiophene rings is 1. The van der Waals surface area contributed by atoms with Crippen molar-refractivity contribution < 1.29 is 18.3 Å². The Balaban J connectivity index is 2.41. The highest BCUT2D eigenvalue weighted by atomic mass is 79.9. The van der Waals surface area contributed by atoms with Crippen molar-refractivity contribution in [1.29, 1.82) is 0 Å². The number of sulfonamides is 1. The Morgan fingerprint density at radius 3 is 2.48 bits per heavy atom. The zero-order chi connectivity index (χ0) is 15.8. The number of hydrogen-bond acceptors (Lipinski definition) is 4. The third-order valence-corrected chi connectivity index (χ3v) is 6.83. The van der Waals surface area contributed by atoms with E-state index in [4.69, 9.17) is 16.7 Å². The Morgan fingerprint density at radius 2 is 1.95 bits per heavy atom. The van der Waals surface area contributed by atoms with Crippen LogP contribution in [0.1, 0.15) is 9.67 Å². The first-order valence-corrected chi connectivity index (χ1v) is 9.47. The van der Waals surface area contributed by atoms with Gasteiger partial charge in [-0.25, -0.2) is 13.2 Å². The molecule has 2 N–H and O–H groups in total. The lowest BCUT2D eigenvalue weighted by atomic mass is 10.3. The van der Waals surface area contributed by atoms with Gasteiger partial charge in [0.05, 0.1) is 9.47 Å². The third kappa shape index (κ3) is 3.78. The first kappa shape index (κ1) is 16.8. The molecule has 0 fully saturated rings. The summed E-state index contributed by atoms with van der Waals surface area (Å²) in [6.07, 6.45) is 0. The van der Waals surface area contributed by atoms with Crippen molar-refractivity contribution in [3.8, 4) is 0 Å². The summed E-state index contributed by atoms with van der Waals surface area (Å²) in [4.78, 5) is 10.7. The third-order valence-electron chi connectivity index (χ3n) is 2.33. The van der Waals surface area contributed by atoms with Crippen molar-refractivity contribution in [3.63, 3.8) is 0 Å². The highest BCUT2D eigenvalue weighted by Gasteiger charge is 2.23. The number of nitrogens with one attached hydrogen (secondary N) is 1. The van der Waals surface area contributed by atoms with Gasteiger partial charge in [0.2, 0.25) is 0 Å². The zero-order valence-electron chi connectivity index (χ0n) is 9.93. The molecule has 0 aliphatic carbocycles. The van der Waals surface area contributed by atoms with Gasteiger partial charge in [-0.05, 0) is 56.1 Å². The lowest BCUT2D eigenvalue weighted by molar-refractivity contribution is 0.0702. The monoisotopic (exact) mass is 473 g/mol. The van der Waals surface area contributed by atoms with Gasteiger partial charge in [-0.15, -0.1) is 11.3 Å². The summed E-state index contributed by atoms with van der Waals surface area (Å²) >= 11 is 12.9. The predicted molar refractivity (Wildman–Crippen MR) is 88.9 cm³/mol. The molecule has 0 aliphatic rings. The molecular formula is C11H6Br2ClNO4S2. The second-order valence-electron chi connectivity index (χ2n) is 3.78. The predicted octanol–water partition coefficient (Wildman–Crippen LogP) is 4.43. The number of carboxylic acid groups (broad SMARTS) is 1. The second-order valence-corrected chi connectivity index (χ2v) is 9.10. The van der Waals surface area contributed by atoms with Gasteiger partial charge >= 0.3 is 5.97 Å². The minimum absolute atomic E-state index is 0.0718. The Kier molecular flexibility index (Phi) is 4.99. The molecule has 112 valence electrons. The van der Waals surface area contributed by atoms with Gasteiger partial charge in [0, 0.05) is 9.50 Å². The van der Waals surface area contributed by atoms with E-state index in [2.05, 4.69) is 36.6 Å². The molecular weight excluding hydrogens is 470 g/mol. The number of anilines is 1. The number of benzene rings is 1. The topological polar surface area (TPSA) is 83.5 Å². The van der Waals surface area contributed by atoms with E-state index in [9.17, 15) is 13.2 Å². The number of rotatable bonds is 4.